The molecular weight excluding hydrogens is 280 g/mol. The van der Waals surface area contributed by atoms with E-state index >= 15 is 0 Å². The second-order valence-corrected chi connectivity index (χ2v) is 5.71. The van der Waals surface area contributed by atoms with E-state index in [1.165, 1.54) is 4.70 Å². The first kappa shape index (κ1) is 12.1. The molecule has 0 aliphatic heterocycles. The van der Waals surface area contributed by atoms with Gasteiger partial charge in [0.2, 0.25) is 0 Å². The summed E-state index contributed by atoms with van der Waals surface area (Å²) < 4.78 is 3.03. The highest BCUT2D eigenvalue weighted by atomic mass is 32.1. The summed E-state index contributed by atoms with van der Waals surface area (Å²) in [7, 11) is 0. The van der Waals surface area contributed by atoms with E-state index < -0.39 is 0 Å². The number of benzene rings is 1. The van der Waals surface area contributed by atoms with Gasteiger partial charge in [-0.05, 0) is 35.2 Å². The van der Waals surface area contributed by atoms with Crippen molar-refractivity contribution in [3.8, 4) is 16.9 Å². The molecule has 21 heavy (non-hydrogen) atoms. The van der Waals surface area contributed by atoms with Crippen molar-refractivity contribution in [2.45, 2.75) is 0 Å². The number of nitrogens with zero attached hydrogens (tertiary/aromatic N) is 3. The van der Waals surface area contributed by atoms with Crippen LogP contribution in [-0.4, -0.2) is 14.8 Å². The summed E-state index contributed by atoms with van der Waals surface area (Å²) in [6.45, 7) is 0. The minimum absolute atomic E-state index is 0.760. The van der Waals surface area contributed by atoms with E-state index in [2.05, 4.69) is 21.5 Å². The molecule has 0 aliphatic carbocycles. The summed E-state index contributed by atoms with van der Waals surface area (Å²) in [6, 6.07) is 11.9. The maximum atomic E-state index is 5.72. The monoisotopic (exact) mass is 292 g/mol. The summed E-state index contributed by atoms with van der Waals surface area (Å²) in [5.74, 6) is 0.857. The Morgan fingerprint density at radius 2 is 1.86 bits per heavy atom. The average molecular weight is 292 g/mol. The summed E-state index contributed by atoms with van der Waals surface area (Å²) in [6.07, 6.45) is 5.65. The number of anilines is 1. The van der Waals surface area contributed by atoms with Gasteiger partial charge in [-0.2, -0.15) is 5.10 Å². The molecule has 0 radical (unpaired) electrons. The fourth-order valence-electron chi connectivity index (χ4n) is 2.33. The number of aromatic nitrogens is 3. The first-order valence-corrected chi connectivity index (χ1v) is 7.42. The maximum absolute atomic E-state index is 5.72. The van der Waals surface area contributed by atoms with E-state index in [4.69, 9.17) is 5.73 Å². The Kier molecular flexibility index (Phi) is 2.72. The van der Waals surface area contributed by atoms with E-state index in [9.17, 15) is 0 Å². The number of hydrogen-bond donors (Lipinski definition) is 1. The van der Waals surface area contributed by atoms with Crippen molar-refractivity contribution in [2.24, 2.45) is 0 Å². The number of hydrogen-bond acceptors (Lipinski definition) is 4. The molecule has 3 aromatic heterocycles. The zero-order valence-electron chi connectivity index (χ0n) is 11.1. The van der Waals surface area contributed by atoms with Crippen molar-refractivity contribution in [3.63, 3.8) is 0 Å². The van der Waals surface area contributed by atoms with Crippen LogP contribution in [0.2, 0.25) is 0 Å². The molecule has 3 heterocycles. The van der Waals surface area contributed by atoms with E-state index in [1.54, 1.807) is 11.3 Å². The van der Waals surface area contributed by atoms with Gasteiger partial charge in [0.05, 0.1) is 6.20 Å². The number of nitrogen functional groups attached to an aromatic ring is 1. The van der Waals surface area contributed by atoms with Gasteiger partial charge in [-0.15, -0.1) is 11.3 Å². The lowest BCUT2D eigenvalue weighted by molar-refractivity contribution is 0.856. The van der Waals surface area contributed by atoms with Crippen molar-refractivity contribution in [3.05, 3.63) is 60.4 Å². The molecule has 4 rings (SSSR count). The Morgan fingerprint density at radius 3 is 2.71 bits per heavy atom. The summed E-state index contributed by atoms with van der Waals surface area (Å²) in [4.78, 5) is 4.46. The van der Waals surface area contributed by atoms with Crippen LogP contribution in [0.1, 0.15) is 0 Å². The van der Waals surface area contributed by atoms with Crippen LogP contribution in [0, 0.1) is 0 Å². The van der Waals surface area contributed by atoms with Gasteiger partial charge in [0.25, 0.3) is 0 Å². The van der Waals surface area contributed by atoms with Crippen LogP contribution < -0.4 is 5.73 Å². The van der Waals surface area contributed by atoms with Crippen LogP contribution in [0.4, 0.5) is 5.69 Å². The van der Waals surface area contributed by atoms with Crippen molar-refractivity contribution in [1.82, 2.24) is 14.8 Å². The van der Waals surface area contributed by atoms with Gasteiger partial charge >= 0.3 is 0 Å². The molecule has 0 saturated carbocycles. The molecule has 0 unspecified atom stereocenters. The normalized spacial score (nSPS) is 11.0. The van der Waals surface area contributed by atoms with Crippen molar-refractivity contribution >= 4 is 27.1 Å². The van der Waals surface area contributed by atoms with Gasteiger partial charge in [-0.3, -0.25) is 0 Å². The number of pyridine rings is 1. The molecule has 0 bridgehead atoms. The Balaban J connectivity index is 1.81. The lowest BCUT2D eigenvalue weighted by Crippen LogP contribution is -1.97. The second kappa shape index (κ2) is 4.71. The van der Waals surface area contributed by atoms with Crippen molar-refractivity contribution < 1.29 is 0 Å². The largest absolute Gasteiger partial charge is 0.399 e. The van der Waals surface area contributed by atoms with Gasteiger partial charge < -0.3 is 5.73 Å². The summed E-state index contributed by atoms with van der Waals surface area (Å²) in [5, 5.41) is 7.63. The number of thiophene rings is 1. The van der Waals surface area contributed by atoms with E-state index in [1.807, 2.05) is 53.6 Å². The summed E-state index contributed by atoms with van der Waals surface area (Å²) in [5.41, 5.74) is 8.62. The second-order valence-electron chi connectivity index (χ2n) is 4.76. The molecule has 0 amide bonds. The van der Waals surface area contributed by atoms with Gasteiger partial charge in [-0.1, -0.05) is 12.1 Å². The van der Waals surface area contributed by atoms with Gasteiger partial charge in [0.1, 0.15) is 0 Å². The highest BCUT2D eigenvalue weighted by Crippen LogP contribution is 2.26. The minimum atomic E-state index is 0.760. The molecule has 0 spiro atoms. The number of rotatable bonds is 2. The first-order chi connectivity index (χ1) is 10.3. The minimum Gasteiger partial charge on any atom is -0.399 e. The molecule has 0 atom stereocenters. The molecular formula is C16H12N4S. The topological polar surface area (TPSA) is 56.7 Å². The third-order valence-electron chi connectivity index (χ3n) is 3.40. The lowest BCUT2D eigenvalue weighted by Gasteiger charge is -2.01. The predicted octanol–water partition coefficient (Wildman–Crippen LogP) is 3.73. The van der Waals surface area contributed by atoms with E-state index in [-0.39, 0.29) is 0 Å². The van der Waals surface area contributed by atoms with Crippen molar-refractivity contribution in [2.75, 3.05) is 5.73 Å². The average Bonchev–Trinajstić information content (AvgIpc) is 3.16. The molecule has 0 aliphatic rings. The van der Waals surface area contributed by atoms with Crippen LogP contribution in [0.15, 0.2) is 60.4 Å². The highest BCUT2D eigenvalue weighted by molar-refractivity contribution is 7.17. The zero-order chi connectivity index (χ0) is 14.2. The highest BCUT2D eigenvalue weighted by Gasteiger charge is 2.08. The standard InChI is InChI=1S/C16H12N4S/c17-13-3-1-11(2-4-13)12-9-19-20(10-12)16-14-6-8-21-15(14)5-7-18-16/h1-10H,17H2. The van der Waals surface area contributed by atoms with Crippen LogP contribution in [0.5, 0.6) is 0 Å². The number of nitrogens with two attached hydrogens (primary N) is 1. The Bertz CT molecular complexity index is 905. The quantitative estimate of drug-likeness (QED) is 0.573. The third-order valence-corrected chi connectivity index (χ3v) is 4.28. The van der Waals surface area contributed by atoms with Crippen molar-refractivity contribution in [1.29, 1.82) is 0 Å². The SMILES string of the molecule is Nc1ccc(-c2cnn(-c3nccc4sccc34)c2)cc1. The van der Waals surface area contributed by atoms with Gasteiger partial charge in [-0.25, -0.2) is 9.67 Å². The number of fused-ring (bicyclic) bond motifs is 1. The zero-order valence-corrected chi connectivity index (χ0v) is 11.9. The molecule has 0 fully saturated rings. The molecule has 4 aromatic rings. The van der Waals surface area contributed by atoms with E-state index in [0.29, 0.717) is 0 Å². The Labute approximate surface area is 125 Å². The predicted molar refractivity (Wildman–Crippen MR) is 86.6 cm³/mol. The molecule has 2 N–H and O–H groups in total. The fourth-order valence-corrected chi connectivity index (χ4v) is 3.10. The van der Waals surface area contributed by atoms with Crippen LogP contribution in [-0.2, 0) is 0 Å². The Morgan fingerprint density at radius 1 is 1.00 bits per heavy atom. The molecule has 4 nitrogen and oxygen atoms in total. The first-order valence-electron chi connectivity index (χ1n) is 6.54. The fraction of sp³-hybridized carbons (Fsp3) is 0. The lowest BCUT2D eigenvalue weighted by atomic mass is 10.1. The molecule has 5 heteroatoms. The van der Waals surface area contributed by atoms with Gasteiger partial charge in [0, 0.05) is 33.7 Å². The molecule has 0 saturated heterocycles. The molecule has 102 valence electrons. The van der Waals surface area contributed by atoms with E-state index in [0.717, 1.165) is 28.0 Å². The van der Waals surface area contributed by atoms with Crippen LogP contribution in [0.25, 0.3) is 27.0 Å². The third kappa shape index (κ3) is 2.08. The Hall–Kier alpha value is -2.66. The summed E-state index contributed by atoms with van der Waals surface area (Å²) >= 11 is 1.71. The smallest absolute Gasteiger partial charge is 0.162 e. The van der Waals surface area contributed by atoms with Crippen LogP contribution in [0.3, 0.4) is 0 Å². The van der Waals surface area contributed by atoms with Crippen LogP contribution >= 0.6 is 11.3 Å². The molecule has 1 aromatic carbocycles. The van der Waals surface area contributed by atoms with Gasteiger partial charge in [0.15, 0.2) is 5.82 Å². The maximum Gasteiger partial charge on any atom is 0.162 e.